The number of nitrogens with two attached hydrogens (primary N) is 1. The van der Waals surface area contributed by atoms with Gasteiger partial charge in [0.15, 0.2) is 0 Å². The van der Waals surface area contributed by atoms with Gasteiger partial charge in [-0.05, 0) is 62.3 Å². The molecule has 0 aliphatic heterocycles. The number of hydrogen-bond acceptors (Lipinski definition) is 2. The Morgan fingerprint density at radius 2 is 1.74 bits per heavy atom. The Morgan fingerprint density at radius 1 is 1.16 bits per heavy atom. The van der Waals surface area contributed by atoms with Gasteiger partial charge in [-0.1, -0.05) is 26.0 Å². The first-order valence-corrected chi connectivity index (χ1v) is 7.51. The standard InChI is InChI=1S/C17H28N2/c1-17(2)11-8-16(9-12-17)19(3)13-10-14-4-6-15(18)7-5-14/h4-7,16H,8-13,18H2,1-3H3. The van der Waals surface area contributed by atoms with Gasteiger partial charge < -0.3 is 10.6 Å². The molecule has 0 spiro atoms. The lowest BCUT2D eigenvalue weighted by atomic mass is 9.75. The highest BCUT2D eigenvalue weighted by atomic mass is 15.1. The monoisotopic (exact) mass is 260 g/mol. The lowest BCUT2D eigenvalue weighted by molar-refractivity contribution is 0.128. The molecule has 0 amide bonds. The minimum Gasteiger partial charge on any atom is -0.399 e. The molecule has 0 atom stereocenters. The maximum atomic E-state index is 5.71. The molecular formula is C17H28N2. The molecule has 2 nitrogen and oxygen atoms in total. The second kappa shape index (κ2) is 5.96. The van der Waals surface area contributed by atoms with E-state index in [1.54, 1.807) is 0 Å². The van der Waals surface area contributed by atoms with Crippen molar-refractivity contribution in [1.82, 2.24) is 4.90 Å². The van der Waals surface area contributed by atoms with Crippen LogP contribution >= 0.6 is 0 Å². The molecule has 0 radical (unpaired) electrons. The summed E-state index contributed by atoms with van der Waals surface area (Å²) in [4.78, 5) is 2.55. The number of likely N-dealkylation sites (N-methyl/N-ethyl adjacent to an activating group) is 1. The number of nitrogens with zero attached hydrogens (tertiary/aromatic N) is 1. The predicted octanol–water partition coefficient (Wildman–Crippen LogP) is 3.71. The second-order valence-electron chi connectivity index (χ2n) is 6.87. The van der Waals surface area contributed by atoms with E-state index in [0.717, 1.165) is 24.7 Å². The third-order valence-corrected chi connectivity index (χ3v) is 4.66. The van der Waals surface area contributed by atoms with Crippen molar-refractivity contribution in [2.24, 2.45) is 5.41 Å². The summed E-state index contributed by atoms with van der Waals surface area (Å²) in [6.45, 7) is 5.95. The van der Waals surface area contributed by atoms with Crippen molar-refractivity contribution in [3.05, 3.63) is 29.8 Å². The SMILES string of the molecule is CN(CCc1ccc(N)cc1)C1CCC(C)(C)CC1. The summed E-state index contributed by atoms with van der Waals surface area (Å²) in [6, 6.07) is 9.07. The summed E-state index contributed by atoms with van der Waals surface area (Å²) < 4.78 is 0. The molecule has 2 rings (SSSR count). The minimum atomic E-state index is 0.564. The molecule has 0 bridgehead atoms. The first-order valence-electron chi connectivity index (χ1n) is 7.51. The van der Waals surface area contributed by atoms with Crippen LogP contribution in [0.4, 0.5) is 5.69 Å². The lowest BCUT2D eigenvalue weighted by Gasteiger charge is -2.38. The highest BCUT2D eigenvalue weighted by Gasteiger charge is 2.28. The van der Waals surface area contributed by atoms with Crippen molar-refractivity contribution < 1.29 is 0 Å². The number of nitrogen functional groups attached to an aromatic ring is 1. The van der Waals surface area contributed by atoms with Crippen LogP contribution in [-0.2, 0) is 6.42 Å². The molecule has 1 aromatic rings. The Labute approximate surface area is 118 Å². The van der Waals surface area contributed by atoms with E-state index in [4.69, 9.17) is 5.73 Å². The van der Waals surface area contributed by atoms with Crippen LogP contribution in [0.3, 0.4) is 0 Å². The Kier molecular flexibility index (Phi) is 4.51. The number of hydrogen-bond donors (Lipinski definition) is 1. The van der Waals surface area contributed by atoms with Gasteiger partial charge in [-0.25, -0.2) is 0 Å². The molecule has 106 valence electrons. The lowest BCUT2D eigenvalue weighted by Crippen LogP contribution is -2.38. The van der Waals surface area contributed by atoms with Crippen molar-refractivity contribution in [3.63, 3.8) is 0 Å². The van der Waals surface area contributed by atoms with Crippen LogP contribution in [0.2, 0.25) is 0 Å². The van der Waals surface area contributed by atoms with E-state index in [1.807, 2.05) is 12.1 Å². The van der Waals surface area contributed by atoms with Gasteiger partial charge in [0.1, 0.15) is 0 Å². The van der Waals surface area contributed by atoms with Gasteiger partial charge >= 0.3 is 0 Å². The van der Waals surface area contributed by atoms with Gasteiger partial charge in [-0.3, -0.25) is 0 Å². The Morgan fingerprint density at radius 3 is 2.32 bits per heavy atom. The molecule has 0 unspecified atom stereocenters. The third kappa shape index (κ3) is 4.24. The van der Waals surface area contributed by atoms with E-state index in [1.165, 1.54) is 31.2 Å². The molecule has 1 aliphatic carbocycles. The molecule has 1 fully saturated rings. The van der Waals surface area contributed by atoms with Crippen molar-refractivity contribution in [1.29, 1.82) is 0 Å². The summed E-state index contributed by atoms with van der Waals surface area (Å²) in [5.74, 6) is 0. The van der Waals surface area contributed by atoms with Crippen molar-refractivity contribution in [3.8, 4) is 0 Å². The zero-order valence-electron chi connectivity index (χ0n) is 12.7. The van der Waals surface area contributed by atoms with Gasteiger partial charge in [0.05, 0.1) is 0 Å². The predicted molar refractivity (Wildman–Crippen MR) is 83.2 cm³/mol. The fourth-order valence-electron chi connectivity index (χ4n) is 3.00. The van der Waals surface area contributed by atoms with E-state index in [-0.39, 0.29) is 0 Å². The maximum Gasteiger partial charge on any atom is 0.0314 e. The normalized spacial score (nSPS) is 19.8. The Balaban J connectivity index is 1.78. The molecule has 0 saturated heterocycles. The fraction of sp³-hybridized carbons (Fsp3) is 0.647. The highest BCUT2D eigenvalue weighted by molar-refractivity contribution is 5.39. The van der Waals surface area contributed by atoms with Crippen LogP contribution in [-0.4, -0.2) is 24.5 Å². The highest BCUT2D eigenvalue weighted by Crippen LogP contribution is 2.36. The summed E-state index contributed by atoms with van der Waals surface area (Å²) in [5, 5.41) is 0. The van der Waals surface area contributed by atoms with Crippen LogP contribution in [0, 0.1) is 5.41 Å². The Bertz CT molecular complexity index is 384. The summed E-state index contributed by atoms with van der Waals surface area (Å²) >= 11 is 0. The average Bonchev–Trinajstić information content (AvgIpc) is 2.37. The molecule has 2 N–H and O–H groups in total. The quantitative estimate of drug-likeness (QED) is 0.836. The molecule has 1 aliphatic rings. The molecular weight excluding hydrogens is 232 g/mol. The molecule has 0 heterocycles. The van der Waals surface area contributed by atoms with Crippen LogP contribution in [0.5, 0.6) is 0 Å². The minimum absolute atomic E-state index is 0.564. The van der Waals surface area contributed by atoms with E-state index in [2.05, 4.69) is 37.9 Å². The summed E-state index contributed by atoms with van der Waals surface area (Å²) in [6.07, 6.45) is 6.56. The fourth-order valence-corrected chi connectivity index (χ4v) is 3.00. The number of benzene rings is 1. The number of rotatable bonds is 4. The van der Waals surface area contributed by atoms with Gasteiger partial charge in [0, 0.05) is 18.3 Å². The van der Waals surface area contributed by atoms with E-state index in [9.17, 15) is 0 Å². The first kappa shape index (κ1) is 14.4. The van der Waals surface area contributed by atoms with E-state index >= 15 is 0 Å². The zero-order chi connectivity index (χ0) is 13.9. The number of anilines is 1. The Hall–Kier alpha value is -1.02. The van der Waals surface area contributed by atoms with Gasteiger partial charge in [0.25, 0.3) is 0 Å². The summed E-state index contributed by atoms with van der Waals surface area (Å²) in [5.41, 5.74) is 8.52. The topological polar surface area (TPSA) is 29.3 Å². The van der Waals surface area contributed by atoms with Crippen LogP contribution in [0.15, 0.2) is 24.3 Å². The zero-order valence-corrected chi connectivity index (χ0v) is 12.7. The summed E-state index contributed by atoms with van der Waals surface area (Å²) in [7, 11) is 2.28. The van der Waals surface area contributed by atoms with Gasteiger partial charge in [-0.2, -0.15) is 0 Å². The molecule has 2 heteroatoms. The molecule has 19 heavy (non-hydrogen) atoms. The maximum absolute atomic E-state index is 5.71. The van der Waals surface area contributed by atoms with Crippen molar-refractivity contribution >= 4 is 5.69 Å². The van der Waals surface area contributed by atoms with Crippen molar-refractivity contribution in [2.45, 2.75) is 52.0 Å². The average molecular weight is 260 g/mol. The van der Waals surface area contributed by atoms with Crippen LogP contribution in [0.25, 0.3) is 0 Å². The van der Waals surface area contributed by atoms with Crippen LogP contribution < -0.4 is 5.73 Å². The third-order valence-electron chi connectivity index (χ3n) is 4.66. The van der Waals surface area contributed by atoms with Crippen molar-refractivity contribution in [2.75, 3.05) is 19.3 Å². The molecule has 0 aromatic heterocycles. The smallest absolute Gasteiger partial charge is 0.0314 e. The van der Waals surface area contributed by atoms with Gasteiger partial charge in [0.2, 0.25) is 0 Å². The van der Waals surface area contributed by atoms with Gasteiger partial charge in [-0.15, -0.1) is 0 Å². The van der Waals surface area contributed by atoms with E-state index < -0.39 is 0 Å². The largest absolute Gasteiger partial charge is 0.399 e. The first-order chi connectivity index (χ1) is 8.96. The molecule has 1 aromatic carbocycles. The second-order valence-corrected chi connectivity index (χ2v) is 6.87. The van der Waals surface area contributed by atoms with Crippen LogP contribution in [0.1, 0.15) is 45.1 Å². The molecule has 1 saturated carbocycles. The van der Waals surface area contributed by atoms with E-state index in [0.29, 0.717) is 5.41 Å².